The number of pyridine rings is 1. The molecule has 3 atom stereocenters. The molecule has 9 heteroatoms. The number of benzene rings is 1. The molecule has 5 rings (SSSR count). The summed E-state index contributed by atoms with van der Waals surface area (Å²) >= 11 is 0. The summed E-state index contributed by atoms with van der Waals surface area (Å²) in [7, 11) is -3.50. The predicted octanol–water partition coefficient (Wildman–Crippen LogP) is 1.35. The van der Waals surface area contributed by atoms with Crippen LogP contribution >= 0.6 is 0 Å². The molecule has 0 aliphatic carbocycles. The van der Waals surface area contributed by atoms with Crippen molar-refractivity contribution in [1.82, 2.24) is 19.5 Å². The number of nitrogens with one attached hydrogen (secondary N) is 1. The van der Waals surface area contributed by atoms with Crippen molar-refractivity contribution in [3.05, 3.63) is 66.0 Å². The van der Waals surface area contributed by atoms with Gasteiger partial charge >= 0.3 is 6.03 Å². The van der Waals surface area contributed by atoms with Crippen LogP contribution in [0.2, 0.25) is 0 Å². The lowest BCUT2D eigenvalue weighted by Gasteiger charge is -2.39. The highest BCUT2D eigenvalue weighted by molar-refractivity contribution is 7.90. The summed E-state index contributed by atoms with van der Waals surface area (Å²) in [6.07, 6.45) is 3.49. The first-order valence-electron chi connectivity index (χ1n) is 10.1. The maximum absolute atomic E-state index is 13.2. The van der Waals surface area contributed by atoms with E-state index in [0.717, 1.165) is 11.1 Å². The number of carbonyl (C=O) groups excluding carboxylic acids is 1. The molecule has 2 aromatic rings. The molecule has 1 N–H and O–H groups in total. The van der Waals surface area contributed by atoms with E-state index in [4.69, 9.17) is 4.74 Å². The van der Waals surface area contributed by atoms with Crippen LogP contribution in [0.5, 0.6) is 0 Å². The molecular weight excluding hydrogens is 404 g/mol. The van der Waals surface area contributed by atoms with E-state index >= 15 is 0 Å². The van der Waals surface area contributed by atoms with Crippen LogP contribution in [0.15, 0.2) is 54.9 Å². The van der Waals surface area contributed by atoms with E-state index in [9.17, 15) is 13.2 Å². The standard InChI is InChI=1S/C21H24N4O4S/c26-20(23-11-16-4-2-1-3-5-16)24-13-18-10-19-21(14-24,29-18)15-25(30(19,27)28)12-17-6-8-22-9-7-17/h1-9,18-19H,10-15H2,(H,23,26)/t18-,19+,21+/m0/s1. The molecule has 1 aromatic heterocycles. The molecular formula is C21H24N4O4S. The van der Waals surface area contributed by atoms with Crippen molar-refractivity contribution in [3.63, 3.8) is 0 Å². The molecule has 30 heavy (non-hydrogen) atoms. The number of hydrogen-bond donors (Lipinski definition) is 1. The molecule has 8 nitrogen and oxygen atoms in total. The SMILES string of the molecule is O=C(NCc1ccccc1)N1C[C@@H]2C[C@@H]3[C@@](C1)(CN(Cc1ccncc1)S3(=O)=O)O2. The Morgan fingerprint density at radius 2 is 1.90 bits per heavy atom. The molecule has 3 aliphatic heterocycles. The third-order valence-electron chi connectivity index (χ3n) is 6.19. The minimum absolute atomic E-state index is 0.183. The Labute approximate surface area is 175 Å². The number of sulfonamides is 1. The maximum Gasteiger partial charge on any atom is 0.317 e. The summed E-state index contributed by atoms with van der Waals surface area (Å²) in [6, 6.07) is 13.2. The lowest BCUT2D eigenvalue weighted by atomic mass is 9.99. The predicted molar refractivity (Wildman–Crippen MR) is 110 cm³/mol. The smallest absolute Gasteiger partial charge is 0.317 e. The van der Waals surface area contributed by atoms with Crippen LogP contribution in [0.25, 0.3) is 0 Å². The van der Waals surface area contributed by atoms with Gasteiger partial charge < -0.3 is 15.0 Å². The summed E-state index contributed by atoms with van der Waals surface area (Å²) in [4.78, 5) is 18.5. The molecule has 158 valence electrons. The molecule has 1 spiro atoms. The Morgan fingerprint density at radius 3 is 2.67 bits per heavy atom. The number of hydrogen-bond acceptors (Lipinski definition) is 5. The fourth-order valence-electron chi connectivity index (χ4n) is 4.82. The van der Waals surface area contributed by atoms with E-state index in [1.807, 2.05) is 42.5 Å². The van der Waals surface area contributed by atoms with E-state index in [1.165, 1.54) is 4.31 Å². The van der Waals surface area contributed by atoms with Crippen LogP contribution in [0.4, 0.5) is 4.79 Å². The number of nitrogens with zero attached hydrogens (tertiary/aromatic N) is 3. The first kappa shape index (κ1) is 19.5. The number of morpholine rings is 1. The van der Waals surface area contributed by atoms with Crippen molar-refractivity contribution >= 4 is 16.1 Å². The summed E-state index contributed by atoms with van der Waals surface area (Å²) in [5, 5.41) is 2.34. The van der Waals surface area contributed by atoms with E-state index in [-0.39, 0.29) is 31.8 Å². The fraction of sp³-hybridized carbons (Fsp3) is 0.429. The fourth-order valence-corrected chi connectivity index (χ4v) is 7.11. The average Bonchev–Trinajstić information content (AvgIpc) is 3.12. The van der Waals surface area contributed by atoms with Gasteiger partial charge in [0.1, 0.15) is 10.9 Å². The largest absolute Gasteiger partial charge is 0.365 e. The highest BCUT2D eigenvalue weighted by atomic mass is 32.2. The molecule has 0 radical (unpaired) electrons. The van der Waals surface area contributed by atoms with Gasteiger partial charge in [-0.15, -0.1) is 0 Å². The topological polar surface area (TPSA) is 91.8 Å². The van der Waals surface area contributed by atoms with Crippen LogP contribution < -0.4 is 5.32 Å². The van der Waals surface area contributed by atoms with Gasteiger partial charge in [-0.3, -0.25) is 4.98 Å². The number of ether oxygens (including phenoxy) is 1. The van der Waals surface area contributed by atoms with Crippen LogP contribution in [-0.4, -0.2) is 65.2 Å². The summed E-state index contributed by atoms with van der Waals surface area (Å²) in [5.74, 6) is 0. The summed E-state index contributed by atoms with van der Waals surface area (Å²) < 4.78 is 34.1. The molecule has 3 aliphatic rings. The second-order valence-corrected chi connectivity index (χ2v) is 10.3. The normalized spacial score (nSPS) is 29.5. The lowest BCUT2D eigenvalue weighted by molar-refractivity contribution is -0.0958. The number of rotatable bonds is 4. The van der Waals surface area contributed by atoms with Gasteiger partial charge in [-0.05, 0) is 29.7 Å². The quantitative estimate of drug-likeness (QED) is 0.794. The van der Waals surface area contributed by atoms with E-state index in [2.05, 4.69) is 10.3 Å². The van der Waals surface area contributed by atoms with Gasteiger partial charge in [-0.1, -0.05) is 30.3 Å². The molecule has 0 saturated carbocycles. The van der Waals surface area contributed by atoms with Crippen molar-refractivity contribution in [2.75, 3.05) is 19.6 Å². The zero-order valence-electron chi connectivity index (χ0n) is 16.5. The van der Waals surface area contributed by atoms with E-state index < -0.39 is 20.9 Å². The third-order valence-corrected chi connectivity index (χ3v) is 8.51. The molecule has 2 bridgehead atoms. The minimum atomic E-state index is -3.50. The van der Waals surface area contributed by atoms with Crippen LogP contribution in [0, 0.1) is 0 Å². The van der Waals surface area contributed by atoms with Crippen LogP contribution in [0.3, 0.4) is 0 Å². The van der Waals surface area contributed by atoms with E-state index in [0.29, 0.717) is 19.5 Å². The van der Waals surface area contributed by atoms with Gasteiger partial charge in [0.05, 0.1) is 12.6 Å². The minimum Gasteiger partial charge on any atom is -0.365 e. The molecule has 0 unspecified atom stereocenters. The number of amides is 2. The van der Waals surface area contributed by atoms with Gasteiger partial charge in [0, 0.05) is 38.6 Å². The Morgan fingerprint density at radius 1 is 1.13 bits per heavy atom. The lowest BCUT2D eigenvalue weighted by Crippen LogP contribution is -2.58. The van der Waals surface area contributed by atoms with Crippen molar-refractivity contribution < 1.29 is 17.9 Å². The Balaban J connectivity index is 1.31. The number of carbonyl (C=O) groups is 1. The summed E-state index contributed by atoms with van der Waals surface area (Å²) in [5.41, 5.74) is 1.04. The second kappa shape index (κ2) is 7.33. The zero-order chi connectivity index (χ0) is 20.8. The van der Waals surface area contributed by atoms with Gasteiger partial charge in [-0.25, -0.2) is 13.2 Å². The van der Waals surface area contributed by atoms with Gasteiger partial charge in [0.15, 0.2) is 0 Å². The van der Waals surface area contributed by atoms with Gasteiger partial charge in [0.2, 0.25) is 10.0 Å². The van der Waals surface area contributed by atoms with Gasteiger partial charge in [-0.2, -0.15) is 4.31 Å². The average molecular weight is 429 g/mol. The van der Waals surface area contributed by atoms with Crippen LogP contribution in [0.1, 0.15) is 17.5 Å². The van der Waals surface area contributed by atoms with Crippen molar-refractivity contribution in [1.29, 1.82) is 0 Å². The number of aromatic nitrogens is 1. The first-order chi connectivity index (χ1) is 14.5. The first-order valence-corrected chi connectivity index (χ1v) is 11.6. The molecule has 3 fully saturated rings. The zero-order valence-corrected chi connectivity index (χ0v) is 17.3. The van der Waals surface area contributed by atoms with Crippen LogP contribution in [-0.2, 0) is 27.8 Å². The highest BCUT2D eigenvalue weighted by Gasteiger charge is 2.65. The molecule has 3 saturated heterocycles. The van der Waals surface area contributed by atoms with Crippen molar-refractivity contribution in [2.24, 2.45) is 0 Å². The Bertz CT molecular complexity index is 1030. The maximum atomic E-state index is 13.2. The monoisotopic (exact) mass is 428 g/mol. The number of fused-ring (bicyclic) bond motifs is 1. The number of likely N-dealkylation sites (tertiary alicyclic amines) is 1. The molecule has 2 amide bonds. The Hall–Kier alpha value is -2.49. The third kappa shape index (κ3) is 3.36. The molecule has 1 aromatic carbocycles. The molecule has 4 heterocycles. The highest BCUT2D eigenvalue weighted by Crippen LogP contribution is 2.46. The van der Waals surface area contributed by atoms with Gasteiger partial charge in [0.25, 0.3) is 0 Å². The summed E-state index contributed by atoms with van der Waals surface area (Å²) in [6.45, 7) is 1.68. The second-order valence-electron chi connectivity index (χ2n) is 8.22. The van der Waals surface area contributed by atoms with Crippen molar-refractivity contribution in [3.8, 4) is 0 Å². The number of urea groups is 1. The Kier molecular flexibility index (Phi) is 4.76. The van der Waals surface area contributed by atoms with Crippen molar-refractivity contribution in [2.45, 2.75) is 36.5 Å². The van der Waals surface area contributed by atoms with E-state index in [1.54, 1.807) is 17.3 Å².